The number of hydrogen-bond acceptors (Lipinski definition) is 5. The van der Waals surface area contributed by atoms with E-state index in [4.69, 9.17) is 14.2 Å². The lowest BCUT2D eigenvalue weighted by molar-refractivity contribution is -0.124. The lowest BCUT2D eigenvalue weighted by Crippen LogP contribution is -2.31. The first-order valence-corrected chi connectivity index (χ1v) is 8.33. The number of rotatable bonds is 8. The van der Waals surface area contributed by atoms with Crippen molar-refractivity contribution in [1.82, 2.24) is 5.32 Å². The van der Waals surface area contributed by atoms with E-state index in [1.165, 1.54) is 0 Å². The summed E-state index contributed by atoms with van der Waals surface area (Å²) in [5.41, 5.74) is 0.385. The summed E-state index contributed by atoms with van der Waals surface area (Å²) in [6, 6.07) is 6.67. The van der Waals surface area contributed by atoms with Crippen LogP contribution in [0.5, 0.6) is 5.75 Å². The van der Waals surface area contributed by atoms with E-state index >= 15 is 0 Å². The van der Waals surface area contributed by atoms with Crippen molar-refractivity contribution in [3.05, 3.63) is 29.8 Å². The van der Waals surface area contributed by atoms with Crippen LogP contribution in [0.15, 0.2) is 24.3 Å². The van der Waals surface area contributed by atoms with Gasteiger partial charge in [-0.2, -0.15) is 0 Å². The minimum Gasteiger partial charge on any atom is -0.491 e. The number of nitrogens with one attached hydrogen (secondary N) is 1. The fraction of sp³-hybridized carbons (Fsp3) is 0.556. The average Bonchev–Trinajstić information content (AvgIpc) is 3.10. The van der Waals surface area contributed by atoms with Gasteiger partial charge in [0, 0.05) is 13.2 Å². The largest absolute Gasteiger partial charge is 0.491 e. The summed E-state index contributed by atoms with van der Waals surface area (Å²) in [6.45, 7) is 5.59. The van der Waals surface area contributed by atoms with E-state index in [2.05, 4.69) is 5.32 Å². The van der Waals surface area contributed by atoms with E-state index in [1.54, 1.807) is 24.3 Å². The fourth-order valence-corrected chi connectivity index (χ4v) is 2.24. The smallest absolute Gasteiger partial charge is 0.338 e. The van der Waals surface area contributed by atoms with Gasteiger partial charge in [0.1, 0.15) is 12.4 Å². The van der Waals surface area contributed by atoms with Crippen LogP contribution in [0, 0.1) is 5.92 Å². The maximum atomic E-state index is 11.9. The normalized spacial score (nSPS) is 16.9. The third kappa shape index (κ3) is 6.20. The number of carbonyl (C=O) groups is 2. The lowest BCUT2D eigenvalue weighted by Gasteiger charge is -2.11. The first-order chi connectivity index (χ1) is 11.5. The molecule has 0 spiro atoms. The SMILES string of the molecule is CC(C)CNC(=O)COC(=O)c1ccc(OC[C@H]2CCCO2)cc1. The first kappa shape index (κ1) is 18.3. The molecule has 1 N–H and O–H groups in total. The van der Waals surface area contributed by atoms with Gasteiger partial charge in [-0.1, -0.05) is 13.8 Å². The van der Waals surface area contributed by atoms with Crippen molar-refractivity contribution < 1.29 is 23.8 Å². The predicted octanol–water partition coefficient (Wildman–Crippen LogP) is 2.17. The van der Waals surface area contributed by atoms with E-state index < -0.39 is 5.97 Å². The Labute approximate surface area is 142 Å². The molecule has 1 fully saturated rings. The molecule has 1 aliphatic heterocycles. The van der Waals surface area contributed by atoms with Gasteiger partial charge in [0.05, 0.1) is 11.7 Å². The number of carbonyl (C=O) groups excluding carboxylic acids is 2. The Morgan fingerprint density at radius 2 is 2.04 bits per heavy atom. The van der Waals surface area contributed by atoms with Gasteiger partial charge >= 0.3 is 5.97 Å². The third-order valence-corrected chi connectivity index (χ3v) is 3.59. The number of amides is 1. The zero-order valence-corrected chi connectivity index (χ0v) is 14.2. The van der Waals surface area contributed by atoms with E-state index in [1.807, 2.05) is 13.8 Å². The van der Waals surface area contributed by atoms with Crippen LogP contribution in [0.2, 0.25) is 0 Å². The van der Waals surface area contributed by atoms with Crippen molar-refractivity contribution in [2.24, 2.45) is 5.92 Å². The first-order valence-electron chi connectivity index (χ1n) is 8.33. The second-order valence-corrected chi connectivity index (χ2v) is 6.24. The molecular formula is C18H25NO5. The van der Waals surface area contributed by atoms with Crippen molar-refractivity contribution >= 4 is 11.9 Å². The number of hydrogen-bond donors (Lipinski definition) is 1. The summed E-state index contributed by atoms with van der Waals surface area (Å²) >= 11 is 0. The van der Waals surface area contributed by atoms with Crippen LogP contribution in [-0.4, -0.2) is 44.3 Å². The number of benzene rings is 1. The standard InChI is InChI=1S/C18H25NO5/c1-13(2)10-19-17(20)12-24-18(21)14-5-7-15(8-6-14)23-11-16-4-3-9-22-16/h5-8,13,16H,3-4,9-12H2,1-2H3,(H,19,20)/t16-/m1/s1. The molecule has 0 radical (unpaired) electrons. The second kappa shape index (κ2) is 9.27. The van der Waals surface area contributed by atoms with Gasteiger partial charge in [0.2, 0.25) is 0 Å². The zero-order chi connectivity index (χ0) is 17.4. The van der Waals surface area contributed by atoms with Crippen LogP contribution in [0.4, 0.5) is 0 Å². The maximum Gasteiger partial charge on any atom is 0.338 e. The van der Waals surface area contributed by atoms with Gasteiger partial charge in [-0.3, -0.25) is 4.79 Å². The van der Waals surface area contributed by atoms with Crippen molar-refractivity contribution in [1.29, 1.82) is 0 Å². The highest BCUT2D eigenvalue weighted by Crippen LogP contribution is 2.17. The van der Waals surface area contributed by atoms with E-state index in [0.717, 1.165) is 19.4 Å². The fourth-order valence-electron chi connectivity index (χ4n) is 2.24. The van der Waals surface area contributed by atoms with Crippen LogP contribution in [0.1, 0.15) is 37.0 Å². The van der Waals surface area contributed by atoms with E-state index in [9.17, 15) is 9.59 Å². The van der Waals surface area contributed by atoms with Crippen molar-refractivity contribution in [2.45, 2.75) is 32.8 Å². The van der Waals surface area contributed by atoms with Gasteiger partial charge in [-0.25, -0.2) is 4.79 Å². The molecule has 6 heteroatoms. The molecule has 1 amide bonds. The molecule has 1 atom stereocenters. The Hall–Kier alpha value is -2.08. The predicted molar refractivity (Wildman–Crippen MR) is 89.0 cm³/mol. The summed E-state index contributed by atoms with van der Waals surface area (Å²) in [4.78, 5) is 23.4. The molecule has 2 rings (SSSR count). The molecule has 1 heterocycles. The third-order valence-electron chi connectivity index (χ3n) is 3.59. The van der Waals surface area contributed by atoms with Gasteiger partial charge in [-0.15, -0.1) is 0 Å². The van der Waals surface area contributed by atoms with Crippen LogP contribution < -0.4 is 10.1 Å². The molecule has 1 aromatic rings. The summed E-state index contributed by atoms with van der Waals surface area (Å²) in [5, 5.41) is 2.69. The van der Waals surface area contributed by atoms with Gasteiger partial charge in [0.25, 0.3) is 5.91 Å². The molecule has 132 valence electrons. The van der Waals surface area contributed by atoms with Crippen molar-refractivity contribution in [3.63, 3.8) is 0 Å². The monoisotopic (exact) mass is 335 g/mol. The Kier molecular flexibility index (Phi) is 7.06. The van der Waals surface area contributed by atoms with Gasteiger partial charge < -0.3 is 19.5 Å². The maximum absolute atomic E-state index is 11.9. The Balaban J connectivity index is 1.73. The lowest BCUT2D eigenvalue weighted by atomic mass is 10.2. The molecule has 0 aromatic heterocycles. The molecular weight excluding hydrogens is 310 g/mol. The summed E-state index contributed by atoms with van der Waals surface area (Å²) in [6.07, 6.45) is 2.24. The topological polar surface area (TPSA) is 73.9 Å². The van der Waals surface area contributed by atoms with Crippen LogP contribution in [0.25, 0.3) is 0 Å². The highest BCUT2D eigenvalue weighted by atomic mass is 16.5. The van der Waals surface area contributed by atoms with Crippen LogP contribution >= 0.6 is 0 Å². The average molecular weight is 335 g/mol. The van der Waals surface area contributed by atoms with Crippen LogP contribution in [0.3, 0.4) is 0 Å². The van der Waals surface area contributed by atoms with Crippen molar-refractivity contribution in [2.75, 3.05) is 26.4 Å². The van der Waals surface area contributed by atoms with Crippen molar-refractivity contribution in [3.8, 4) is 5.75 Å². The number of ether oxygens (including phenoxy) is 3. The van der Waals surface area contributed by atoms with Gasteiger partial charge in [0.15, 0.2) is 6.61 Å². The number of esters is 1. The van der Waals surface area contributed by atoms with E-state index in [0.29, 0.717) is 30.4 Å². The molecule has 1 aromatic carbocycles. The minimum absolute atomic E-state index is 0.152. The molecule has 24 heavy (non-hydrogen) atoms. The molecule has 1 aliphatic rings. The van der Waals surface area contributed by atoms with Gasteiger partial charge in [-0.05, 0) is 43.0 Å². The quantitative estimate of drug-likeness (QED) is 0.737. The van der Waals surface area contributed by atoms with E-state index in [-0.39, 0.29) is 18.6 Å². The minimum atomic E-state index is -0.527. The van der Waals surface area contributed by atoms with Crippen LogP contribution in [-0.2, 0) is 14.3 Å². The molecule has 0 saturated carbocycles. The summed E-state index contributed by atoms with van der Waals surface area (Å²) < 4.78 is 16.1. The molecule has 0 aliphatic carbocycles. The molecule has 0 bridgehead atoms. The molecule has 1 saturated heterocycles. The second-order valence-electron chi connectivity index (χ2n) is 6.24. The Bertz CT molecular complexity index is 535. The Morgan fingerprint density at radius 1 is 1.29 bits per heavy atom. The zero-order valence-electron chi connectivity index (χ0n) is 14.2. The summed E-state index contributed by atoms with van der Waals surface area (Å²) in [7, 11) is 0. The summed E-state index contributed by atoms with van der Waals surface area (Å²) in [5.74, 6) is 0.206. The highest BCUT2D eigenvalue weighted by molar-refractivity contribution is 5.91. The Morgan fingerprint density at radius 3 is 2.67 bits per heavy atom. The highest BCUT2D eigenvalue weighted by Gasteiger charge is 2.16. The molecule has 6 nitrogen and oxygen atoms in total. The molecule has 0 unspecified atom stereocenters.